The molecule has 2 aromatic rings. The maximum absolute atomic E-state index is 13.7. The van der Waals surface area contributed by atoms with Gasteiger partial charge in [0.05, 0.1) is 26.5 Å². The van der Waals surface area contributed by atoms with Crippen LogP contribution in [0.3, 0.4) is 0 Å². The van der Waals surface area contributed by atoms with Crippen molar-refractivity contribution in [2.45, 2.75) is 13.0 Å². The summed E-state index contributed by atoms with van der Waals surface area (Å²) in [6.45, 7) is 1.63. The highest BCUT2D eigenvalue weighted by molar-refractivity contribution is 5.94. The van der Waals surface area contributed by atoms with Gasteiger partial charge in [-0.2, -0.15) is 0 Å². The summed E-state index contributed by atoms with van der Waals surface area (Å²) in [5.74, 6) is -0.565. The monoisotopic (exact) mass is 350 g/mol. The van der Waals surface area contributed by atoms with E-state index in [2.05, 4.69) is 10.6 Å². The molecule has 0 bridgehead atoms. The van der Waals surface area contributed by atoms with E-state index in [9.17, 15) is 13.6 Å². The van der Waals surface area contributed by atoms with Crippen molar-refractivity contribution in [3.63, 3.8) is 0 Å². The summed E-state index contributed by atoms with van der Waals surface area (Å²) in [7, 11) is 3.02. The average Bonchev–Trinajstić information content (AvgIpc) is 2.59. The summed E-state index contributed by atoms with van der Waals surface area (Å²) in [5, 5.41) is 5.61. The quantitative estimate of drug-likeness (QED) is 0.805. The molecule has 0 spiro atoms. The van der Waals surface area contributed by atoms with Gasteiger partial charge in [-0.15, -0.1) is 0 Å². The van der Waals surface area contributed by atoms with E-state index in [1.165, 1.54) is 26.4 Å². The lowest BCUT2D eigenvalue weighted by Gasteiger charge is -2.16. The highest BCUT2D eigenvalue weighted by Gasteiger charge is 2.14. The second kappa shape index (κ2) is 8.43. The molecule has 0 saturated heterocycles. The maximum Gasteiger partial charge on any atom is 0.238 e. The normalized spacial score (nSPS) is 11.7. The van der Waals surface area contributed by atoms with Crippen LogP contribution in [0, 0.1) is 11.6 Å². The first-order valence-corrected chi connectivity index (χ1v) is 7.64. The van der Waals surface area contributed by atoms with E-state index in [1.807, 2.05) is 0 Å². The predicted octanol–water partition coefficient (Wildman–Crippen LogP) is 3.27. The van der Waals surface area contributed by atoms with Crippen LogP contribution in [-0.4, -0.2) is 26.7 Å². The van der Waals surface area contributed by atoms with Crippen LogP contribution in [0.2, 0.25) is 0 Å². The Bertz CT molecular complexity index is 753. The van der Waals surface area contributed by atoms with E-state index in [0.717, 1.165) is 6.07 Å². The molecule has 0 aliphatic carbocycles. The van der Waals surface area contributed by atoms with Gasteiger partial charge in [0.15, 0.2) is 0 Å². The Hall–Kier alpha value is -2.67. The van der Waals surface area contributed by atoms with Gasteiger partial charge >= 0.3 is 0 Å². The Morgan fingerprint density at radius 3 is 2.52 bits per heavy atom. The van der Waals surface area contributed by atoms with E-state index in [4.69, 9.17) is 9.47 Å². The predicted molar refractivity (Wildman–Crippen MR) is 91.0 cm³/mol. The van der Waals surface area contributed by atoms with Gasteiger partial charge in [-0.3, -0.25) is 4.79 Å². The van der Waals surface area contributed by atoms with Crippen molar-refractivity contribution in [2.24, 2.45) is 0 Å². The summed E-state index contributed by atoms with van der Waals surface area (Å²) in [4.78, 5) is 12.1. The van der Waals surface area contributed by atoms with Crippen molar-refractivity contribution in [1.82, 2.24) is 5.32 Å². The lowest BCUT2D eigenvalue weighted by atomic mass is 10.1. The minimum absolute atomic E-state index is 0.0572. The van der Waals surface area contributed by atoms with E-state index in [0.29, 0.717) is 17.2 Å². The number of benzene rings is 2. The molecule has 0 heterocycles. The second-order valence-corrected chi connectivity index (χ2v) is 5.38. The smallest absolute Gasteiger partial charge is 0.238 e. The van der Waals surface area contributed by atoms with Gasteiger partial charge in [0.25, 0.3) is 0 Å². The number of nitrogens with one attached hydrogen (secondary N) is 2. The highest BCUT2D eigenvalue weighted by atomic mass is 19.1. The van der Waals surface area contributed by atoms with Gasteiger partial charge in [0, 0.05) is 23.7 Å². The zero-order valence-corrected chi connectivity index (χ0v) is 14.2. The third-order valence-electron chi connectivity index (χ3n) is 3.68. The zero-order chi connectivity index (χ0) is 18.4. The molecule has 7 heteroatoms. The number of hydrogen-bond acceptors (Lipinski definition) is 4. The molecule has 1 atom stereocenters. The van der Waals surface area contributed by atoms with E-state index >= 15 is 0 Å². The first kappa shape index (κ1) is 18.7. The Balaban J connectivity index is 1.98. The topological polar surface area (TPSA) is 59.6 Å². The summed E-state index contributed by atoms with van der Waals surface area (Å²) in [6.07, 6.45) is 0. The van der Waals surface area contributed by atoms with Crippen LogP contribution in [0.1, 0.15) is 18.5 Å². The van der Waals surface area contributed by atoms with E-state index in [1.54, 1.807) is 25.1 Å². The van der Waals surface area contributed by atoms with Crippen molar-refractivity contribution in [1.29, 1.82) is 0 Å². The Morgan fingerprint density at radius 1 is 1.12 bits per heavy atom. The molecule has 0 fully saturated rings. The van der Waals surface area contributed by atoms with Crippen LogP contribution in [-0.2, 0) is 4.79 Å². The molecule has 0 aliphatic heterocycles. The molecule has 2 aromatic carbocycles. The number of rotatable bonds is 7. The van der Waals surface area contributed by atoms with Gasteiger partial charge in [0.2, 0.25) is 5.91 Å². The molecule has 134 valence electrons. The van der Waals surface area contributed by atoms with Crippen LogP contribution in [0.4, 0.5) is 14.5 Å². The minimum atomic E-state index is -0.658. The number of carbonyl (C=O) groups excluding carboxylic acids is 1. The number of halogens is 2. The SMILES string of the molecule is COc1ccc(OC)c(NC(=O)CN[C@H](C)c2ccc(F)cc2F)c1. The number of hydrogen-bond donors (Lipinski definition) is 2. The van der Waals surface area contributed by atoms with Crippen LogP contribution >= 0.6 is 0 Å². The third-order valence-corrected chi connectivity index (χ3v) is 3.68. The number of carbonyl (C=O) groups is 1. The number of amides is 1. The lowest BCUT2D eigenvalue weighted by molar-refractivity contribution is -0.115. The molecule has 25 heavy (non-hydrogen) atoms. The Labute approximate surface area is 144 Å². The van der Waals surface area contributed by atoms with Gasteiger partial charge in [0.1, 0.15) is 23.1 Å². The Kier molecular flexibility index (Phi) is 6.30. The van der Waals surface area contributed by atoms with Crippen molar-refractivity contribution in [2.75, 3.05) is 26.1 Å². The molecule has 2 N–H and O–H groups in total. The molecular weight excluding hydrogens is 330 g/mol. The van der Waals surface area contributed by atoms with Gasteiger partial charge in [-0.25, -0.2) is 8.78 Å². The number of methoxy groups -OCH3 is 2. The van der Waals surface area contributed by atoms with Crippen LogP contribution < -0.4 is 20.1 Å². The number of anilines is 1. The van der Waals surface area contributed by atoms with Crippen molar-refractivity contribution in [3.8, 4) is 11.5 Å². The van der Waals surface area contributed by atoms with Gasteiger partial charge < -0.3 is 20.1 Å². The fourth-order valence-corrected chi connectivity index (χ4v) is 2.31. The molecule has 0 unspecified atom stereocenters. The fraction of sp³-hybridized carbons (Fsp3) is 0.278. The summed E-state index contributed by atoms with van der Waals surface area (Å²) in [5.41, 5.74) is 0.752. The molecule has 5 nitrogen and oxygen atoms in total. The average molecular weight is 350 g/mol. The minimum Gasteiger partial charge on any atom is -0.497 e. The molecular formula is C18H20F2N2O3. The van der Waals surface area contributed by atoms with Crippen molar-refractivity contribution < 1.29 is 23.0 Å². The Morgan fingerprint density at radius 2 is 1.88 bits per heavy atom. The maximum atomic E-state index is 13.7. The number of ether oxygens (including phenoxy) is 2. The molecule has 2 rings (SSSR count). The van der Waals surface area contributed by atoms with Crippen LogP contribution in [0.25, 0.3) is 0 Å². The molecule has 0 aliphatic rings. The fourth-order valence-electron chi connectivity index (χ4n) is 2.31. The second-order valence-electron chi connectivity index (χ2n) is 5.38. The lowest BCUT2D eigenvalue weighted by Crippen LogP contribution is -2.30. The zero-order valence-electron chi connectivity index (χ0n) is 14.2. The molecule has 0 aromatic heterocycles. The van der Waals surface area contributed by atoms with Crippen molar-refractivity contribution >= 4 is 11.6 Å². The third kappa shape index (κ3) is 4.90. The molecule has 0 saturated carbocycles. The van der Waals surface area contributed by atoms with E-state index in [-0.39, 0.29) is 18.0 Å². The van der Waals surface area contributed by atoms with E-state index < -0.39 is 17.7 Å². The standard InChI is InChI=1S/C18H20F2N2O3/c1-11(14-6-4-12(19)8-15(14)20)21-10-18(23)22-16-9-13(24-2)5-7-17(16)25-3/h4-9,11,21H,10H2,1-3H3,(H,22,23)/t11-/m1/s1. The molecule has 0 radical (unpaired) electrons. The molecule has 1 amide bonds. The van der Waals surface area contributed by atoms with Crippen LogP contribution in [0.5, 0.6) is 11.5 Å². The van der Waals surface area contributed by atoms with Crippen molar-refractivity contribution in [3.05, 3.63) is 53.6 Å². The first-order valence-electron chi connectivity index (χ1n) is 7.64. The van der Waals surface area contributed by atoms with Gasteiger partial charge in [-0.1, -0.05) is 6.07 Å². The summed E-state index contributed by atoms with van der Waals surface area (Å²) < 4.78 is 37.0. The highest BCUT2D eigenvalue weighted by Crippen LogP contribution is 2.28. The summed E-state index contributed by atoms with van der Waals surface area (Å²) >= 11 is 0. The van der Waals surface area contributed by atoms with Crippen LogP contribution in [0.15, 0.2) is 36.4 Å². The first-order chi connectivity index (χ1) is 11.9. The largest absolute Gasteiger partial charge is 0.497 e. The van der Waals surface area contributed by atoms with Gasteiger partial charge in [-0.05, 0) is 25.1 Å². The summed E-state index contributed by atoms with van der Waals surface area (Å²) in [6, 6.07) is 7.92.